The van der Waals surface area contributed by atoms with E-state index in [1.165, 1.54) is 5.39 Å². The van der Waals surface area contributed by atoms with Gasteiger partial charge < -0.3 is 38.6 Å². The molecule has 1 fully saturated rings. The van der Waals surface area contributed by atoms with E-state index in [2.05, 4.69) is 110 Å². The maximum atomic E-state index is 13.8. The third-order valence-corrected chi connectivity index (χ3v) is 18.3. The first kappa shape index (κ1) is 50.7. The predicted molar refractivity (Wildman–Crippen MR) is 281 cm³/mol. The maximum absolute atomic E-state index is 13.8. The second kappa shape index (κ2) is 23.0. The number of hydrogen-bond donors (Lipinski definition) is 1. The first-order valence-corrected chi connectivity index (χ1v) is 27.4. The van der Waals surface area contributed by atoms with Gasteiger partial charge in [0.2, 0.25) is 0 Å². The third kappa shape index (κ3) is 12.2. The largest absolute Gasteiger partial charge is 0.493 e. The van der Waals surface area contributed by atoms with E-state index in [0.717, 1.165) is 109 Å². The average Bonchev–Trinajstić information content (AvgIpc) is 3.33. The molecule has 1 N–H and O–H groups in total. The molecule has 0 spiro atoms. The van der Waals surface area contributed by atoms with Crippen LogP contribution >= 0.6 is 0 Å². The summed E-state index contributed by atoms with van der Waals surface area (Å²) in [6, 6.07) is 33.7. The Labute approximate surface area is 408 Å². The minimum atomic E-state index is -3.32. The summed E-state index contributed by atoms with van der Waals surface area (Å²) in [6.07, 6.45) is 7.05. The Morgan fingerprint density at radius 3 is 2.10 bits per heavy atom. The van der Waals surface area contributed by atoms with Crippen LogP contribution < -0.4 is 29.6 Å². The number of rotatable bonds is 21. The van der Waals surface area contributed by atoms with Crippen LogP contribution in [0.15, 0.2) is 97.1 Å². The summed E-state index contributed by atoms with van der Waals surface area (Å²) in [6.45, 7) is 24.1. The van der Waals surface area contributed by atoms with Crippen LogP contribution in [-0.4, -0.2) is 110 Å². The molecule has 1 atom stereocenters. The van der Waals surface area contributed by atoms with Crippen LogP contribution in [0.2, 0.25) is 5.04 Å². The number of ether oxygens (including phenoxy) is 3. The van der Waals surface area contributed by atoms with Gasteiger partial charge in [0.15, 0.2) is 0 Å². The smallest absolute Gasteiger partial charge is 0.410 e. The number of aromatic nitrogens is 2. The van der Waals surface area contributed by atoms with E-state index >= 15 is 0 Å². The van der Waals surface area contributed by atoms with Gasteiger partial charge >= 0.3 is 12.1 Å². The Hall–Kier alpha value is -5.17. The molecule has 3 heterocycles. The fourth-order valence-corrected chi connectivity index (χ4v) is 13.9. The number of hydrogen-bond acceptors (Lipinski definition) is 10. The van der Waals surface area contributed by atoms with Crippen molar-refractivity contribution in [3.63, 3.8) is 0 Å². The molecule has 1 unspecified atom stereocenters. The number of anilines is 2. The van der Waals surface area contributed by atoms with E-state index in [1.54, 1.807) is 0 Å². The number of amides is 1. The van der Waals surface area contributed by atoms with Gasteiger partial charge in [0.1, 0.15) is 17.2 Å². The van der Waals surface area contributed by atoms with Gasteiger partial charge in [0.05, 0.1) is 25.5 Å². The van der Waals surface area contributed by atoms with Crippen LogP contribution in [0, 0.1) is 0 Å². The molecule has 68 heavy (non-hydrogen) atoms. The highest BCUT2D eigenvalue weighted by Crippen LogP contribution is 2.43. The Morgan fingerprint density at radius 1 is 0.779 bits per heavy atom. The van der Waals surface area contributed by atoms with Gasteiger partial charge in [-0.3, -0.25) is 0 Å². The summed E-state index contributed by atoms with van der Waals surface area (Å²) in [5.41, 5.74) is 2.59. The summed E-state index contributed by atoms with van der Waals surface area (Å²) >= 11 is 0. The quantitative estimate of drug-likeness (QED) is 0.0565. The molecule has 4 aromatic carbocycles. The molecule has 12 heteroatoms. The maximum Gasteiger partial charge on any atom is 0.410 e. The molecular weight excluding hydrogens is 865 g/mol. The van der Waals surface area contributed by atoms with Crippen LogP contribution in [0.3, 0.4) is 0 Å². The molecule has 11 nitrogen and oxygen atoms in total. The summed E-state index contributed by atoms with van der Waals surface area (Å²) in [5, 5.41) is 3.82. The first-order chi connectivity index (χ1) is 32.7. The molecule has 1 amide bonds. The van der Waals surface area contributed by atoms with E-state index < -0.39 is 19.0 Å². The van der Waals surface area contributed by atoms with Crippen molar-refractivity contribution in [2.45, 2.75) is 130 Å². The fraction of sp³-hybridized carbons (Fsp3) is 0.518. The van der Waals surface area contributed by atoms with Gasteiger partial charge in [-0.05, 0) is 106 Å². The van der Waals surface area contributed by atoms with Crippen LogP contribution in [0.4, 0.5) is 16.3 Å². The van der Waals surface area contributed by atoms with Crippen LogP contribution in [-0.2, 0) is 17.7 Å². The first-order valence-electron chi connectivity index (χ1n) is 25.5. The van der Waals surface area contributed by atoms with Gasteiger partial charge in [-0.25, -0.2) is 4.79 Å². The molecule has 5 aromatic rings. The second-order valence-corrected chi connectivity index (χ2v) is 24.4. The topological polar surface area (TPSA) is 104 Å². The summed E-state index contributed by atoms with van der Waals surface area (Å²) in [4.78, 5) is 46.8. The Balaban J connectivity index is 1.25. The summed E-state index contributed by atoms with van der Waals surface area (Å²) in [7, 11) is -3.32. The fourth-order valence-electron chi connectivity index (χ4n) is 10.1. The minimum absolute atomic E-state index is 0.122. The molecule has 2 aliphatic heterocycles. The Bertz CT molecular complexity index is 2350. The molecule has 2 aliphatic rings. The lowest BCUT2D eigenvalue weighted by atomic mass is 9.97. The number of carbonyl (C=O) groups excluding carboxylic acids is 1. The monoisotopic (exact) mass is 943 g/mol. The number of carbonyl (C=O) groups is 1. The van der Waals surface area contributed by atoms with E-state index in [9.17, 15) is 9.59 Å². The number of fused-ring (bicyclic) bond motifs is 2. The molecule has 0 saturated carbocycles. The highest BCUT2D eigenvalue weighted by molar-refractivity contribution is 6.98. The summed E-state index contributed by atoms with van der Waals surface area (Å²) < 4.78 is 18.9. The van der Waals surface area contributed by atoms with Crippen molar-refractivity contribution < 1.29 is 23.8 Å². The molecule has 0 bridgehead atoms. The number of unbranched alkanes of at least 4 members (excludes halogenated alkanes) is 1. The summed E-state index contributed by atoms with van der Waals surface area (Å²) in [5.74, 6) is 1.77. The van der Waals surface area contributed by atoms with Crippen LogP contribution in [0.5, 0.6) is 11.8 Å². The van der Waals surface area contributed by atoms with Gasteiger partial charge in [-0.1, -0.05) is 126 Å². The second-order valence-electron chi connectivity index (χ2n) is 20.5. The molecule has 0 radical (unpaired) electrons. The third-order valence-electron chi connectivity index (χ3n) is 13.7. The molecule has 1 aromatic heterocycles. The van der Waals surface area contributed by atoms with Crippen molar-refractivity contribution in [1.82, 2.24) is 19.8 Å². The lowest BCUT2D eigenvalue weighted by molar-refractivity contribution is 0.0210. The normalized spacial score (nSPS) is 15.7. The van der Waals surface area contributed by atoms with Crippen LogP contribution in [0.1, 0.15) is 112 Å². The van der Waals surface area contributed by atoms with Gasteiger partial charge in [-0.2, -0.15) is 9.97 Å². The van der Waals surface area contributed by atoms with E-state index in [1.807, 2.05) is 62.1 Å². The van der Waals surface area contributed by atoms with E-state index in [-0.39, 0.29) is 12.1 Å². The zero-order valence-corrected chi connectivity index (χ0v) is 43.3. The number of piperazine rings is 1. The van der Waals surface area contributed by atoms with Gasteiger partial charge in [0, 0.05) is 61.5 Å². The molecule has 7 rings (SSSR count). The molecular formula is C56H78N6O5Si. The Morgan fingerprint density at radius 2 is 1.44 bits per heavy atom. The molecule has 0 aliphatic carbocycles. The van der Waals surface area contributed by atoms with Crippen molar-refractivity contribution in [1.29, 1.82) is 0 Å². The van der Waals surface area contributed by atoms with Crippen molar-refractivity contribution >= 4 is 47.1 Å². The number of nitrogens with zero attached hydrogens (tertiary/aromatic N) is 6. The van der Waals surface area contributed by atoms with E-state index in [0.29, 0.717) is 58.2 Å². The van der Waals surface area contributed by atoms with Crippen molar-refractivity contribution in [2.75, 3.05) is 68.8 Å². The number of benzene rings is 4. The van der Waals surface area contributed by atoms with E-state index in [4.69, 9.17) is 24.2 Å². The highest BCUT2D eigenvalue weighted by atomic mass is 28.4. The SMILES string of the molecule is CCCCOc1cc(N2CCc3c(nc(OCCCN(CCC)CCC)nc3N3CCN(C(=O)OC(C)(C)C)CC3CCC(C)(C)[Si](O)(c3ccccc3)c3ccccc3)C2)c2ccccc2c1. The highest BCUT2D eigenvalue weighted by Gasteiger charge is 2.50. The molecule has 366 valence electrons. The van der Waals surface area contributed by atoms with Gasteiger partial charge in [0.25, 0.3) is 8.32 Å². The van der Waals surface area contributed by atoms with Crippen molar-refractivity contribution in [2.24, 2.45) is 0 Å². The minimum Gasteiger partial charge on any atom is -0.493 e. The zero-order valence-electron chi connectivity index (χ0n) is 42.3. The average molecular weight is 943 g/mol. The molecule has 1 saturated heterocycles. The van der Waals surface area contributed by atoms with Gasteiger partial charge in [-0.15, -0.1) is 0 Å². The van der Waals surface area contributed by atoms with Crippen LogP contribution in [0.25, 0.3) is 10.8 Å². The lowest BCUT2D eigenvalue weighted by Gasteiger charge is -2.46. The Kier molecular flexibility index (Phi) is 17.1. The van der Waals surface area contributed by atoms with Crippen molar-refractivity contribution in [3.05, 3.63) is 108 Å². The lowest BCUT2D eigenvalue weighted by Crippen LogP contribution is -2.65. The predicted octanol–water partition coefficient (Wildman–Crippen LogP) is 10.0. The zero-order chi connectivity index (χ0) is 48.3. The standard InChI is InChI=1S/C56H78N6O5Si/c1-9-12-37-65-45-39-43-22-19-20-27-48(43)51(40-45)60-34-29-49-50(42-60)57-53(66-38-21-33-59(31-10-2)32-11-3)58-52(49)62-36-35-61(54(63)67-55(4,5)6)41-44(62)28-30-56(7,8)68(64,46-23-15-13-16-24-46)47-25-17-14-18-26-47/h13-20,22-27,39-40,44,64H,9-12,21,28-38,41-42H2,1-8H3. The van der Waals surface area contributed by atoms with Crippen molar-refractivity contribution in [3.8, 4) is 11.8 Å².